The Morgan fingerprint density at radius 2 is 1.64 bits per heavy atom. The van der Waals surface area contributed by atoms with Crippen molar-refractivity contribution in [2.75, 3.05) is 32.5 Å². The van der Waals surface area contributed by atoms with E-state index in [9.17, 15) is 14.0 Å². The lowest BCUT2D eigenvalue weighted by Crippen LogP contribution is -3.00. The molecule has 0 unspecified atom stereocenters. The van der Waals surface area contributed by atoms with E-state index in [0.29, 0.717) is 27.8 Å². The van der Waals surface area contributed by atoms with Crippen LogP contribution in [0.2, 0.25) is 0 Å². The summed E-state index contributed by atoms with van der Waals surface area (Å²) in [5, 5.41) is 2.92. The normalized spacial score (nSPS) is 11.3. The number of halogens is 2. The van der Waals surface area contributed by atoms with Crippen molar-refractivity contribution in [1.82, 2.24) is 0 Å². The van der Waals surface area contributed by atoms with Gasteiger partial charge in [0, 0.05) is 11.3 Å². The fraction of sp³-hybridized carbons (Fsp3) is 0.407. The van der Waals surface area contributed by atoms with Crippen molar-refractivity contribution in [3.8, 4) is 0 Å². The molecule has 0 bridgehead atoms. The molecular weight excluding hydrogens is 439 g/mol. The van der Waals surface area contributed by atoms with E-state index in [4.69, 9.17) is 0 Å². The van der Waals surface area contributed by atoms with Gasteiger partial charge in [-0.3, -0.25) is 9.59 Å². The molecule has 0 aromatic heterocycles. The number of unbranched alkanes of at least 4 members (excludes halogenated alkanes) is 5. The summed E-state index contributed by atoms with van der Waals surface area (Å²) in [6.45, 7) is 3.60. The Morgan fingerprint density at radius 1 is 0.970 bits per heavy atom. The number of likely N-dealkylation sites (N-methyl/N-ethyl adjacent to an activating group) is 1. The number of nitrogens with one attached hydrogen (secondary N) is 1. The number of carbonyl (C=O) groups excluding carboxylic acids is 2. The molecule has 1 N–H and O–H groups in total. The number of carbonyl (C=O) groups is 2. The number of rotatable bonds is 13. The van der Waals surface area contributed by atoms with Gasteiger partial charge in [0.1, 0.15) is 5.82 Å². The van der Waals surface area contributed by atoms with Crippen molar-refractivity contribution >= 4 is 23.5 Å². The molecule has 0 radical (unpaired) electrons. The summed E-state index contributed by atoms with van der Waals surface area (Å²) in [4.78, 5) is 24.8. The molecule has 0 saturated heterocycles. The fourth-order valence-corrected chi connectivity index (χ4v) is 3.58. The van der Waals surface area contributed by atoms with Crippen LogP contribution in [0, 0.1) is 5.82 Å². The Labute approximate surface area is 203 Å². The first kappa shape index (κ1) is 28.5. The molecule has 1 amide bonds. The molecule has 4 nitrogen and oxygen atoms in total. The Hall–Kier alpha value is -2.50. The number of allylic oxidation sites excluding steroid dienone is 1. The topological polar surface area (TPSA) is 46.2 Å². The van der Waals surface area contributed by atoms with Gasteiger partial charge in [0.25, 0.3) is 5.91 Å². The molecule has 0 atom stereocenters. The highest BCUT2D eigenvalue weighted by atomic mass is 35.5. The van der Waals surface area contributed by atoms with Crippen molar-refractivity contribution in [2.45, 2.75) is 45.4 Å². The van der Waals surface area contributed by atoms with Crippen LogP contribution < -0.4 is 17.7 Å². The van der Waals surface area contributed by atoms with E-state index < -0.39 is 0 Å². The van der Waals surface area contributed by atoms with Crippen LogP contribution in [-0.4, -0.2) is 43.4 Å². The lowest BCUT2D eigenvalue weighted by atomic mass is 10.1. The zero-order valence-electron chi connectivity index (χ0n) is 19.9. The Morgan fingerprint density at radius 3 is 2.30 bits per heavy atom. The standard InChI is InChI=1S/C27H35FN2O2.ClH/c1-4-5-6-7-8-9-19-30(2,3)21-27(32)29-25-16-14-23(15-17-25)26(31)18-13-22-11-10-12-24(28)20-22;/h10-18,20H,4-9,19,21H2,1-3H3;1H/b18-13+;. The molecule has 33 heavy (non-hydrogen) atoms. The maximum atomic E-state index is 13.2. The van der Waals surface area contributed by atoms with E-state index in [2.05, 4.69) is 26.3 Å². The molecule has 0 heterocycles. The average molecular weight is 475 g/mol. The minimum absolute atomic E-state index is 0. The third kappa shape index (κ3) is 11.3. The van der Waals surface area contributed by atoms with Gasteiger partial charge in [-0.25, -0.2) is 4.39 Å². The van der Waals surface area contributed by atoms with Crippen molar-refractivity contribution in [3.63, 3.8) is 0 Å². The average Bonchev–Trinajstić information content (AvgIpc) is 2.74. The second-order valence-corrected chi connectivity index (χ2v) is 8.96. The molecule has 0 spiro atoms. The maximum absolute atomic E-state index is 13.2. The summed E-state index contributed by atoms with van der Waals surface area (Å²) >= 11 is 0. The van der Waals surface area contributed by atoms with Crippen molar-refractivity contribution in [2.24, 2.45) is 0 Å². The van der Waals surface area contributed by atoms with E-state index in [0.717, 1.165) is 13.0 Å². The highest BCUT2D eigenvalue weighted by Crippen LogP contribution is 2.13. The number of nitrogens with zero attached hydrogens (tertiary/aromatic N) is 1. The molecule has 0 saturated carbocycles. The predicted octanol–water partition coefficient (Wildman–Crippen LogP) is 3.10. The summed E-state index contributed by atoms with van der Waals surface area (Å²) in [5.74, 6) is -0.552. The van der Waals surface area contributed by atoms with Gasteiger partial charge >= 0.3 is 0 Å². The summed E-state index contributed by atoms with van der Waals surface area (Å²) in [6, 6.07) is 12.9. The highest BCUT2D eigenvalue weighted by Gasteiger charge is 2.19. The number of quaternary nitrogens is 1. The van der Waals surface area contributed by atoms with Gasteiger partial charge < -0.3 is 22.2 Å². The second kappa shape index (κ2) is 14.6. The zero-order chi connectivity index (χ0) is 23.4. The number of hydrogen-bond acceptors (Lipinski definition) is 2. The van der Waals surface area contributed by atoms with Crippen molar-refractivity contribution in [3.05, 3.63) is 71.6 Å². The first-order chi connectivity index (χ1) is 15.3. The van der Waals surface area contributed by atoms with E-state index >= 15 is 0 Å². The van der Waals surface area contributed by atoms with Crippen LogP contribution >= 0.6 is 0 Å². The predicted molar refractivity (Wildman–Crippen MR) is 130 cm³/mol. The van der Waals surface area contributed by atoms with Crippen LogP contribution in [-0.2, 0) is 4.79 Å². The quantitative estimate of drug-likeness (QED) is 0.210. The van der Waals surface area contributed by atoms with Gasteiger partial charge in [0.05, 0.1) is 20.6 Å². The minimum atomic E-state index is -0.339. The minimum Gasteiger partial charge on any atom is -1.00 e. The number of benzene rings is 2. The Bertz CT molecular complexity index is 911. The van der Waals surface area contributed by atoms with Gasteiger partial charge in [-0.15, -0.1) is 0 Å². The molecule has 0 aliphatic heterocycles. The lowest BCUT2D eigenvalue weighted by molar-refractivity contribution is -0.882. The van der Waals surface area contributed by atoms with Crippen molar-refractivity contribution in [1.29, 1.82) is 0 Å². The monoisotopic (exact) mass is 474 g/mol. The Balaban J connectivity index is 0.00000544. The largest absolute Gasteiger partial charge is 1.00 e. The number of anilines is 1. The summed E-state index contributed by atoms with van der Waals surface area (Å²) in [7, 11) is 4.16. The highest BCUT2D eigenvalue weighted by molar-refractivity contribution is 6.07. The summed E-state index contributed by atoms with van der Waals surface area (Å²) in [5.41, 5.74) is 1.80. The second-order valence-electron chi connectivity index (χ2n) is 8.96. The number of amides is 1. The first-order valence-electron chi connectivity index (χ1n) is 11.5. The SMILES string of the molecule is CCCCCCCC[N+](C)(C)CC(=O)Nc1ccc(C(=O)/C=C/c2cccc(F)c2)cc1.[Cl-]. The van der Waals surface area contributed by atoms with E-state index in [1.165, 1.54) is 50.3 Å². The van der Waals surface area contributed by atoms with Crippen molar-refractivity contribution < 1.29 is 30.9 Å². The summed E-state index contributed by atoms with van der Waals surface area (Å²) < 4.78 is 13.9. The van der Waals surface area contributed by atoms with Gasteiger partial charge in [0.2, 0.25) is 0 Å². The summed E-state index contributed by atoms with van der Waals surface area (Å²) in [6.07, 6.45) is 10.5. The van der Waals surface area contributed by atoms with Crippen LogP contribution in [0.4, 0.5) is 10.1 Å². The smallest absolute Gasteiger partial charge is 0.279 e. The molecule has 0 fully saturated rings. The van der Waals surface area contributed by atoms with E-state index in [-0.39, 0.29) is 29.9 Å². The molecule has 2 aromatic carbocycles. The van der Waals surface area contributed by atoms with Crippen LogP contribution in [0.3, 0.4) is 0 Å². The van der Waals surface area contributed by atoms with Crippen LogP contribution in [0.1, 0.15) is 61.4 Å². The van der Waals surface area contributed by atoms with Crippen LogP contribution in [0.5, 0.6) is 0 Å². The number of ketones is 1. The van der Waals surface area contributed by atoms with Gasteiger partial charge in [-0.05, 0) is 60.9 Å². The molecule has 2 aromatic rings. The first-order valence-corrected chi connectivity index (χ1v) is 11.5. The van der Waals surface area contributed by atoms with Gasteiger partial charge in [-0.2, -0.15) is 0 Å². The van der Waals surface area contributed by atoms with Crippen LogP contribution in [0.25, 0.3) is 6.08 Å². The third-order valence-electron chi connectivity index (χ3n) is 5.42. The molecule has 2 rings (SSSR count). The lowest BCUT2D eigenvalue weighted by Gasteiger charge is -2.29. The Kier molecular flexibility index (Phi) is 12.6. The third-order valence-corrected chi connectivity index (χ3v) is 5.42. The van der Waals surface area contributed by atoms with Gasteiger partial charge in [0.15, 0.2) is 12.3 Å². The van der Waals surface area contributed by atoms with Crippen LogP contribution in [0.15, 0.2) is 54.6 Å². The molecule has 0 aliphatic carbocycles. The van der Waals surface area contributed by atoms with E-state index in [1.54, 1.807) is 42.5 Å². The molecular formula is C27H36ClFN2O2. The molecule has 180 valence electrons. The van der Waals surface area contributed by atoms with E-state index in [1.807, 2.05) is 0 Å². The zero-order valence-corrected chi connectivity index (χ0v) is 20.7. The van der Waals surface area contributed by atoms with Gasteiger partial charge in [-0.1, -0.05) is 50.8 Å². The maximum Gasteiger partial charge on any atom is 0.279 e. The fourth-order valence-electron chi connectivity index (χ4n) is 3.58. The number of hydrogen-bond donors (Lipinski definition) is 1. The molecule has 6 heteroatoms. The molecule has 0 aliphatic rings.